The van der Waals surface area contributed by atoms with Crippen molar-refractivity contribution in [3.8, 4) is 11.8 Å². The second kappa shape index (κ2) is 4.35. The smallest absolute Gasteiger partial charge is 0.141 e. The molecule has 1 aromatic rings. The number of hydrogen-bond acceptors (Lipinski definition) is 1. The van der Waals surface area contributed by atoms with Gasteiger partial charge in [0.15, 0.2) is 0 Å². The van der Waals surface area contributed by atoms with Crippen LogP contribution in [0.2, 0.25) is 0 Å². The quantitative estimate of drug-likeness (QED) is 0.549. The monoisotopic (exact) mass is 246 g/mol. The summed E-state index contributed by atoms with van der Waals surface area (Å²) in [7, 11) is 0. The Hall–Kier alpha value is -0.920. The van der Waals surface area contributed by atoms with Gasteiger partial charge in [-0.25, -0.2) is 8.78 Å². The van der Waals surface area contributed by atoms with E-state index >= 15 is 0 Å². The number of benzene rings is 1. The second-order valence-corrected chi connectivity index (χ2v) is 3.01. The second-order valence-electron chi connectivity index (χ2n) is 2.21. The van der Waals surface area contributed by atoms with E-state index in [2.05, 4.69) is 27.8 Å². The first-order valence-corrected chi connectivity index (χ1v) is 4.18. The van der Waals surface area contributed by atoms with Gasteiger partial charge in [0.05, 0.1) is 4.47 Å². The summed E-state index contributed by atoms with van der Waals surface area (Å²) in [5, 5.41) is 8.35. The maximum absolute atomic E-state index is 12.9. The average Bonchev–Trinajstić information content (AvgIpc) is 2.10. The fourth-order valence-corrected chi connectivity index (χ4v) is 0.998. The van der Waals surface area contributed by atoms with Gasteiger partial charge < -0.3 is 5.11 Å². The molecule has 0 aromatic heterocycles. The van der Waals surface area contributed by atoms with Gasteiger partial charge in [0.25, 0.3) is 0 Å². The third-order valence-corrected chi connectivity index (χ3v) is 2.05. The standard InChI is InChI=1S/C9H5BrF2O/c10-9-7(11)4-6(2-1-3-13)5-8(9)12/h4-5,13H,3H2. The van der Waals surface area contributed by atoms with E-state index in [0.717, 1.165) is 12.1 Å². The molecule has 4 heteroatoms. The molecule has 0 aliphatic carbocycles. The molecule has 0 radical (unpaired) electrons. The van der Waals surface area contributed by atoms with Gasteiger partial charge in [-0.15, -0.1) is 0 Å². The van der Waals surface area contributed by atoms with E-state index in [1.54, 1.807) is 0 Å². The summed E-state index contributed by atoms with van der Waals surface area (Å²) >= 11 is 2.73. The van der Waals surface area contributed by atoms with Gasteiger partial charge in [0.2, 0.25) is 0 Å². The van der Waals surface area contributed by atoms with Crippen LogP contribution in [0.1, 0.15) is 5.56 Å². The number of rotatable bonds is 0. The van der Waals surface area contributed by atoms with Gasteiger partial charge in [-0.05, 0) is 28.1 Å². The van der Waals surface area contributed by atoms with Crippen LogP contribution in [0.5, 0.6) is 0 Å². The van der Waals surface area contributed by atoms with Crippen molar-refractivity contribution in [1.29, 1.82) is 0 Å². The molecule has 0 amide bonds. The van der Waals surface area contributed by atoms with Crippen molar-refractivity contribution in [2.24, 2.45) is 0 Å². The first-order chi connectivity index (χ1) is 6.15. The van der Waals surface area contributed by atoms with E-state index in [-0.39, 0.29) is 16.6 Å². The molecule has 0 fully saturated rings. The first kappa shape index (κ1) is 10.2. The lowest BCUT2D eigenvalue weighted by atomic mass is 10.2. The largest absolute Gasteiger partial charge is 0.384 e. The van der Waals surface area contributed by atoms with E-state index < -0.39 is 11.6 Å². The van der Waals surface area contributed by atoms with Crippen LogP contribution in [0.15, 0.2) is 16.6 Å². The number of aliphatic hydroxyl groups excluding tert-OH is 1. The molecule has 68 valence electrons. The minimum Gasteiger partial charge on any atom is -0.384 e. The van der Waals surface area contributed by atoms with Crippen LogP contribution in [0.25, 0.3) is 0 Å². The summed E-state index contributed by atoms with van der Waals surface area (Å²) in [6, 6.07) is 2.19. The summed E-state index contributed by atoms with van der Waals surface area (Å²) in [5.41, 5.74) is 0.201. The van der Waals surface area contributed by atoms with Crippen LogP contribution in [-0.2, 0) is 0 Å². The molecule has 0 aliphatic rings. The van der Waals surface area contributed by atoms with E-state index in [0.29, 0.717) is 0 Å². The molecule has 0 atom stereocenters. The predicted molar refractivity (Wildman–Crippen MR) is 48.0 cm³/mol. The third kappa shape index (κ3) is 2.51. The normalized spacial score (nSPS) is 9.23. The molecule has 13 heavy (non-hydrogen) atoms. The molecule has 1 nitrogen and oxygen atoms in total. The van der Waals surface area contributed by atoms with Crippen LogP contribution < -0.4 is 0 Å². The summed E-state index contributed by atoms with van der Waals surface area (Å²) < 4.78 is 25.5. The summed E-state index contributed by atoms with van der Waals surface area (Å²) in [4.78, 5) is 0. The van der Waals surface area contributed by atoms with Crippen LogP contribution in [-0.4, -0.2) is 11.7 Å². The highest BCUT2D eigenvalue weighted by Crippen LogP contribution is 2.20. The van der Waals surface area contributed by atoms with Crippen molar-refractivity contribution in [2.75, 3.05) is 6.61 Å². The molecule has 1 aromatic carbocycles. The number of hydrogen-bond donors (Lipinski definition) is 1. The summed E-state index contributed by atoms with van der Waals surface area (Å²) in [5.74, 6) is 3.29. The average molecular weight is 247 g/mol. The maximum atomic E-state index is 12.9. The molecule has 1 N–H and O–H groups in total. The highest BCUT2D eigenvalue weighted by Gasteiger charge is 2.06. The maximum Gasteiger partial charge on any atom is 0.141 e. The van der Waals surface area contributed by atoms with E-state index in [1.165, 1.54) is 0 Å². The van der Waals surface area contributed by atoms with Crippen LogP contribution in [0.3, 0.4) is 0 Å². The first-order valence-electron chi connectivity index (χ1n) is 3.39. The molecule has 0 unspecified atom stereocenters. The van der Waals surface area contributed by atoms with Gasteiger partial charge in [-0.2, -0.15) is 0 Å². The molecule has 0 bridgehead atoms. The zero-order valence-corrected chi connectivity index (χ0v) is 8.03. The molecule has 0 saturated carbocycles. The summed E-state index contributed by atoms with van der Waals surface area (Å²) in [6.45, 7) is -0.334. The molecule has 0 heterocycles. The van der Waals surface area contributed by atoms with E-state index in [9.17, 15) is 8.78 Å². The van der Waals surface area contributed by atoms with Crippen molar-refractivity contribution in [3.63, 3.8) is 0 Å². The van der Waals surface area contributed by atoms with Crippen molar-refractivity contribution in [2.45, 2.75) is 0 Å². The third-order valence-electron chi connectivity index (χ3n) is 1.30. The highest BCUT2D eigenvalue weighted by molar-refractivity contribution is 9.10. The van der Waals surface area contributed by atoms with Crippen molar-refractivity contribution >= 4 is 15.9 Å². The highest BCUT2D eigenvalue weighted by atomic mass is 79.9. The zero-order valence-electron chi connectivity index (χ0n) is 6.44. The Morgan fingerprint density at radius 1 is 1.31 bits per heavy atom. The van der Waals surface area contributed by atoms with Gasteiger partial charge >= 0.3 is 0 Å². The lowest BCUT2D eigenvalue weighted by Gasteiger charge is -1.97. The molecule has 1 rings (SSSR count). The Morgan fingerprint density at radius 3 is 2.31 bits per heavy atom. The minimum atomic E-state index is -0.706. The van der Waals surface area contributed by atoms with Gasteiger partial charge in [0, 0.05) is 5.56 Å². The predicted octanol–water partition coefficient (Wildman–Crippen LogP) is 2.07. The SMILES string of the molecule is OCC#Cc1cc(F)c(Br)c(F)c1. The molecule has 0 spiro atoms. The van der Waals surface area contributed by atoms with Crippen LogP contribution in [0.4, 0.5) is 8.78 Å². The Bertz CT molecular complexity index is 356. The fraction of sp³-hybridized carbons (Fsp3) is 0.111. The molecule has 0 aliphatic heterocycles. The number of aliphatic hydroxyl groups is 1. The lowest BCUT2D eigenvalue weighted by Crippen LogP contribution is -1.87. The lowest BCUT2D eigenvalue weighted by molar-refractivity contribution is 0.350. The Labute approximate surface area is 82.5 Å². The minimum absolute atomic E-state index is 0.201. The Morgan fingerprint density at radius 2 is 1.85 bits per heavy atom. The van der Waals surface area contributed by atoms with Gasteiger partial charge in [-0.1, -0.05) is 11.8 Å². The van der Waals surface area contributed by atoms with Crippen LogP contribution in [0, 0.1) is 23.5 Å². The van der Waals surface area contributed by atoms with E-state index in [1.807, 2.05) is 0 Å². The van der Waals surface area contributed by atoms with Crippen LogP contribution >= 0.6 is 15.9 Å². The molecular formula is C9H5BrF2O. The van der Waals surface area contributed by atoms with Gasteiger partial charge in [0.1, 0.15) is 18.2 Å². The number of halogens is 3. The molecule has 0 saturated heterocycles. The molecular weight excluding hydrogens is 242 g/mol. The summed E-state index contributed by atoms with van der Waals surface area (Å²) in [6.07, 6.45) is 0. The Kier molecular flexibility index (Phi) is 3.40. The topological polar surface area (TPSA) is 20.2 Å². The fourth-order valence-electron chi connectivity index (χ4n) is 0.769. The Balaban J connectivity index is 3.13. The van der Waals surface area contributed by atoms with Crippen molar-refractivity contribution in [3.05, 3.63) is 33.8 Å². The van der Waals surface area contributed by atoms with Crippen molar-refractivity contribution < 1.29 is 13.9 Å². The van der Waals surface area contributed by atoms with Gasteiger partial charge in [-0.3, -0.25) is 0 Å². The van der Waals surface area contributed by atoms with Crippen molar-refractivity contribution in [1.82, 2.24) is 0 Å². The zero-order chi connectivity index (χ0) is 9.84. The van der Waals surface area contributed by atoms with E-state index in [4.69, 9.17) is 5.11 Å².